The second-order valence-electron chi connectivity index (χ2n) is 9.35. The summed E-state index contributed by atoms with van der Waals surface area (Å²) in [5, 5.41) is 8.65. The van der Waals surface area contributed by atoms with Gasteiger partial charge < -0.3 is 30.7 Å². The second kappa shape index (κ2) is 12.0. The van der Waals surface area contributed by atoms with Crippen LogP contribution in [-0.2, 0) is 4.74 Å². The molecule has 38 heavy (non-hydrogen) atoms. The largest absolute Gasteiger partial charge is 0.494 e. The van der Waals surface area contributed by atoms with E-state index in [1.807, 2.05) is 12.1 Å². The van der Waals surface area contributed by atoms with Crippen LogP contribution in [0.1, 0.15) is 12.8 Å². The molecule has 0 unspecified atom stereocenters. The van der Waals surface area contributed by atoms with Gasteiger partial charge in [0.2, 0.25) is 5.95 Å². The molecule has 3 aromatic rings. The van der Waals surface area contributed by atoms with Crippen LogP contribution >= 0.6 is 0 Å². The Labute approximate surface area is 222 Å². The van der Waals surface area contributed by atoms with Crippen molar-refractivity contribution in [2.45, 2.75) is 18.9 Å². The monoisotopic (exact) mass is 518 g/mol. The zero-order valence-corrected chi connectivity index (χ0v) is 21.5. The van der Waals surface area contributed by atoms with E-state index >= 15 is 0 Å². The van der Waals surface area contributed by atoms with Crippen LogP contribution in [0.25, 0.3) is 0 Å². The zero-order chi connectivity index (χ0) is 26.3. The molecular formula is C27H34N8O3. The third-order valence-electron chi connectivity index (χ3n) is 6.86. The molecule has 0 spiro atoms. The highest BCUT2D eigenvalue weighted by molar-refractivity contribution is 5.99. The van der Waals surface area contributed by atoms with Crippen LogP contribution < -0.4 is 31.3 Å². The first kappa shape index (κ1) is 25.6. The van der Waals surface area contributed by atoms with Crippen molar-refractivity contribution in [2.24, 2.45) is 0 Å². The number of aromatic nitrogens is 2. The normalized spacial score (nSPS) is 16.6. The van der Waals surface area contributed by atoms with Crippen molar-refractivity contribution >= 4 is 40.5 Å². The van der Waals surface area contributed by atoms with Crippen LogP contribution in [0, 0.1) is 0 Å². The van der Waals surface area contributed by atoms with Crippen LogP contribution in [0.4, 0.5) is 39.3 Å². The van der Waals surface area contributed by atoms with Gasteiger partial charge in [0.05, 0.1) is 26.0 Å². The molecule has 0 aliphatic carbocycles. The maximum Gasteiger partial charge on any atom is 0.324 e. The highest BCUT2D eigenvalue weighted by atomic mass is 16.5. The summed E-state index contributed by atoms with van der Waals surface area (Å²) < 4.78 is 11.2. The van der Waals surface area contributed by atoms with Gasteiger partial charge in [-0.2, -0.15) is 4.98 Å². The van der Waals surface area contributed by atoms with Crippen molar-refractivity contribution in [3.8, 4) is 5.75 Å². The van der Waals surface area contributed by atoms with Gasteiger partial charge in [0.15, 0.2) is 0 Å². The maximum atomic E-state index is 12.4. The predicted octanol–water partition coefficient (Wildman–Crippen LogP) is 3.76. The molecule has 11 heteroatoms. The minimum absolute atomic E-state index is 0.337. The van der Waals surface area contributed by atoms with Crippen molar-refractivity contribution in [3.05, 3.63) is 54.7 Å². The molecule has 2 aliphatic heterocycles. The number of benzene rings is 2. The first-order valence-electron chi connectivity index (χ1n) is 12.9. The van der Waals surface area contributed by atoms with E-state index in [4.69, 9.17) is 15.2 Å². The van der Waals surface area contributed by atoms with Gasteiger partial charge in [-0.1, -0.05) is 6.07 Å². The number of carbonyl (C=O) groups is 1. The number of nitrogens with one attached hydrogen (secondary N) is 3. The molecule has 3 heterocycles. The van der Waals surface area contributed by atoms with E-state index in [1.54, 1.807) is 43.6 Å². The maximum absolute atomic E-state index is 12.4. The van der Waals surface area contributed by atoms with Gasteiger partial charge in [-0.3, -0.25) is 10.2 Å². The molecule has 5 rings (SSSR count). The summed E-state index contributed by atoms with van der Waals surface area (Å²) >= 11 is 0. The molecule has 0 bridgehead atoms. The average Bonchev–Trinajstić information content (AvgIpc) is 2.94. The molecule has 2 amide bonds. The fraction of sp³-hybridized carbons (Fsp3) is 0.370. The number of nitrogen functional groups attached to an aromatic ring is 1. The van der Waals surface area contributed by atoms with Crippen molar-refractivity contribution in [1.29, 1.82) is 0 Å². The van der Waals surface area contributed by atoms with Gasteiger partial charge >= 0.3 is 6.03 Å². The molecule has 0 saturated carbocycles. The Morgan fingerprint density at radius 1 is 1.05 bits per heavy atom. The van der Waals surface area contributed by atoms with E-state index in [1.165, 1.54) is 0 Å². The number of morpholine rings is 1. The van der Waals surface area contributed by atoms with Gasteiger partial charge in [0.25, 0.3) is 0 Å². The topological polar surface area (TPSA) is 130 Å². The van der Waals surface area contributed by atoms with E-state index < -0.39 is 6.03 Å². The van der Waals surface area contributed by atoms with Crippen molar-refractivity contribution in [3.63, 3.8) is 0 Å². The van der Waals surface area contributed by atoms with Gasteiger partial charge in [0, 0.05) is 61.5 Å². The minimum atomic E-state index is -0.431. The number of piperidine rings is 1. The van der Waals surface area contributed by atoms with Crippen molar-refractivity contribution < 1.29 is 14.3 Å². The number of carbonyl (C=O) groups excluding carboxylic acids is 1. The number of rotatable bonds is 7. The summed E-state index contributed by atoms with van der Waals surface area (Å²) in [6.45, 7) is 5.75. The number of amides is 2. The molecular weight excluding hydrogens is 484 g/mol. The van der Waals surface area contributed by atoms with E-state index in [9.17, 15) is 4.79 Å². The number of hydrogen-bond donors (Lipinski definition) is 4. The van der Waals surface area contributed by atoms with Gasteiger partial charge in [-0.05, 0) is 49.2 Å². The average molecular weight is 519 g/mol. The fourth-order valence-electron chi connectivity index (χ4n) is 4.92. The molecule has 11 nitrogen and oxygen atoms in total. The predicted molar refractivity (Wildman–Crippen MR) is 149 cm³/mol. The zero-order valence-electron chi connectivity index (χ0n) is 21.5. The first-order chi connectivity index (χ1) is 18.6. The minimum Gasteiger partial charge on any atom is -0.494 e. The molecule has 0 atom stereocenters. The molecule has 2 saturated heterocycles. The van der Waals surface area contributed by atoms with Crippen molar-refractivity contribution in [1.82, 2.24) is 14.9 Å². The van der Waals surface area contributed by atoms with E-state index in [2.05, 4.69) is 41.8 Å². The number of anilines is 6. The Kier molecular flexibility index (Phi) is 8.05. The molecule has 5 N–H and O–H groups in total. The summed E-state index contributed by atoms with van der Waals surface area (Å²) in [4.78, 5) is 26.1. The Balaban J connectivity index is 1.19. The van der Waals surface area contributed by atoms with Gasteiger partial charge in [0.1, 0.15) is 11.6 Å². The van der Waals surface area contributed by atoms with E-state index in [0.29, 0.717) is 34.9 Å². The van der Waals surface area contributed by atoms with Crippen LogP contribution in [0.5, 0.6) is 5.75 Å². The van der Waals surface area contributed by atoms with Crippen LogP contribution in [0.3, 0.4) is 0 Å². The molecule has 2 fully saturated rings. The number of ether oxygens (including phenoxy) is 2. The molecule has 1 aromatic heterocycles. The first-order valence-corrected chi connectivity index (χ1v) is 12.9. The van der Waals surface area contributed by atoms with Crippen LogP contribution in [-0.4, -0.2) is 73.4 Å². The number of nitrogens with zero attached hydrogens (tertiary/aromatic N) is 4. The third-order valence-corrected chi connectivity index (χ3v) is 6.86. The fourth-order valence-corrected chi connectivity index (χ4v) is 4.92. The lowest BCUT2D eigenvalue weighted by atomic mass is 10.0. The van der Waals surface area contributed by atoms with E-state index in [0.717, 1.165) is 63.6 Å². The van der Waals surface area contributed by atoms with E-state index in [-0.39, 0.29) is 0 Å². The van der Waals surface area contributed by atoms with Gasteiger partial charge in [-0.25, -0.2) is 9.78 Å². The Morgan fingerprint density at radius 3 is 2.63 bits per heavy atom. The molecule has 200 valence electrons. The third kappa shape index (κ3) is 6.42. The smallest absolute Gasteiger partial charge is 0.324 e. The number of hydrogen-bond acceptors (Lipinski definition) is 9. The SMILES string of the molecule is COc1cc(N2CCC(N3CCOCC3)CC2)ccc1Nc1nccc(NC(=O)Nc2cccc(N)c2)n1. The molecule has 2 aliphatic rings. The Morgan fingerprint density at radius 2 is 1.87 bits per heavy atom. The summed E-state index contributed by atoms with van der Waals surface area (Å²) in [5.41, 5.74) is 8.79. The Hall–Kier alpha value is -4.09. The quantitative estimate of drug-likeness (QED) is 0.346. The summed E-state index contributed by atoms with van der Waals surface area (Å²) in [7, 11) is 1.65. The lowest BCUT2D eigenvalue weighted by molar-refractivity contribution is 0.0115. The molecule has 2 aromatic carbocycles. The summed E-state index contributed by atoms with van der Waals surface area (Å²) in [6.07, 6.45) is 3.85. The Bertz CT molecular complexity index is 1240. The standard InChI is InChI=1S/C27H34N8O3/c1-37-24-18-22(34-11-8-21(9-12-34)35-13-15-38-16-14-35)5-6-23(24)31-26-29-10-7-25(32-26)33-27(36)30-20-4-2-3-19(28)17-20/h2-7,10,17-18,21H,8-9,11-16,28H2,1H3,(H3,29,30,31,32,33,36). The van der Waals surface area contributed by atoms with Crippen LogP contribution in [0.15, 0.2) is 54.7 Å². The number of methoxy groups -OCH3 is 1. The molecule has 0 radical (unpaired) electrons. The highest BCUT2D eigenvalue weighted by Crippen LogP contribution is 2.33. The second-order valence-corrected chi connectivity index (χ2v) is 9.35. The van der Waals surface area contributed by atoms with Gasteiger partial charge in [-0.15, -0.1) is 0 Å². The highest BCUT2D eigenvalue weighted by Gasteiger charge is 2.26. The van der Waals surface area contributed by atoms with Crippen LogP contribution in [0.2, 0.25) is 0 Å². The van der Waals surface area contributed by atoms with Crippen molar-refractivity contribution in [2.75, 3.05) is 73.1 Å². The lowest BCUT2D eigenvalue weighted by Gasteiger charge is -2.40. The number of nitrogens with two attached hydrogens (primary N) is 1. The summed E-state index contributed by atoms with van der Waals surface area (Å²) in [6, 6.07) is 14.9. The lowest BCUT2D eigenvalue weighted by Crippen LogP contribution is -2.49. The number of urea groups is 1. The summed E-state index contributed by atoms with van der Waals surface area (Å²) in [5.74, 6) is 1.38.